The fourth-order valence-electron chi connectivity index (χ4n) is 1.65. The molecule has 1 atom stereocenters. The van der Waals surface area contributed by atoms with E-state index in [0.717, 1.165) is 5.56 Å². The minimum atomic E-state index is -3.17. The normalized spacial score (nSPS) is 13.5. The van der Waals surface area contributed by atoms with Crippen LogP contribution >= 0.6 is 0 Å². The van der Waals surface area contributed by atoms with E-state index in [0.29, 0.717) is 10.5 Å². The maximum absolute atomic E-state index is 12.5. The molecule has 0 fully saturated rings. The molecule has 0 aliphatic heterocycles. The van der Waals surface area contributed by atoms with Crippen molar-refractivity contribution in [3.8, 4) is 0 Å². The largest absolute Gasteiger partial charge is 0.465 e. The summed E-state index contributed by atoms with van der Waals surface area (Å²) in [6.45, 7) is 1.87. The number of esters is 1. The molecule has 5 nitrogen and oxygen atoms in total. The maximum Gasteiger partial charge on any atom is 0.337 e. The SMILES string of the molecule is COC(=O)c1ccc(S(=N)(=O)c2ccc(C)cn2)cc1. The molecule has 0 bridgehead atoms. The molecule has 1 aromatic carbocycles. The van der Waals surface area contributed by atoms with Crippen molar-refractivity contribution >= 4 is 15.7 Å². The highest BCUT2D eigenvalue weighted by atomic mass is 32.2. The lowest BCUT2D eigenvalue weighted by atomic mass is 10.2. The maximum atomic E-state index is 12.5. The van der Waals surface area contributed by atoms with Crippen molar-refractivity contribution in [2.45, 2.75) is 16.8 Å². The van der Waals surface area contributed by atoms with Crippen LogP contribution in [0.15, 0.2) is 52.5 Å². The molecule has 0 aliphatic rings. The number of pyridine rings is 1. The summed E-state index contributed by atoms with van der Waals surface area (Å²) in [5, 5.41) is 0.203. The summed E-state index contributed by atoms with van der Waals surface area (Å²) >= 11 is 0. The minimum absolute atomic E-state index is 0.203. The topological polar surface area (TPSA) is 80.1 Å². The number of hydrogen-bond donors (Lipinski definition) is 1. The van der Waals surface area contributed by atoms with Crippen LogP contribution in [-0.4, -0.2) is 22.3 Å². The highest BCUT2D eigenvalue weighted by Crippen LogP contribution is 2.20. The van der Waals surface area contributed by atoms with E-state index in [1.165, 1.54) is 31.4 Å². The number of aromatic nitrogens is 1. The van der Waals surface area contributed by atoms with Crippen molar-refractivity contribution in [1.29, 1.82) is 4.78 Å². The molecule has 104 valence electrons. The van der Waals surface area contributed by atoms with Crippen LogP contribution in [0, 0.1) is 11.7 Å². The van der Waals surface area contributed by atoms with Crippen LogP contribution in [-0.2, 0) is 14.5 Å². The number of hydrogen-bond acceptors (Lipinski definition) is 5. The van der Waals surface area contributed by atoms with E-state index in [9.17, 15) is 9.00 Å². The van der Waals surface area contributed by atoms with E-state index in [1.807, 2.05) is 6.92 Å². The van der Waals surface area contributed by atoms with Gasteiger partial charge in [-0.15, -0.1) is 0 Å². The molecule has 1 aromatic heterocycles. The van der Waals surface area contributed by atoms with Crippen LogP contribution in [0.5, 0.6) is 0 Å². The number of carbonyl (C=O) groups excluding carboxylic acids is 1. The number of nitrogens with one attached hydrogen (secondary N) is 1. The van der Waals surface area contributed by atoms with Crippen molar-refractivity contribution in [1.82, 2.24) is 4.98 Å². The van der Waals surface area contributed by atoms with Gasteiger partial charge in [-0.05, 0) is 42.8 Å². The minimum Gasteiger partial charge on any atom is -0.465 e. The lowest BCUT2D eigenvalue weighted by Crippen LogP contribution is -2.05. The van der Waals surface area contributed by atoms with Gasteiger partial charge >= 0.3 is 5.97 Å². The van der Waals surface area contributed by atoms with Gasteiger partial charge in [0.1, 0.15) is 14.8 Å². The number of rotatable bonds is 3. The molecule has 1 N–H and O–H groups in total. The lowest BCUT2D eigenvalue weighted by Gasteiger charge is -2.08. The number of methoxy groups -OCH3 is 1. The van der Waals surface area contributed by atoms with E-state index in [2.05, 4.69) is 9.72 Å². The standard InChI is InChI=1S/C14H14N2O3S/c1-10-3-8-13(16-9-10)20(15,18)12-6-4-11(5-7-12)14(17)19-2/h3-9,15H,1-2H3. The monoisotopic (exact) mass is 290 g/mol. The third-order valence-electron chi connectivity index (χ3n) is 2.79. The molecule has 1 heterocycles. The molecular formula is C14H14N2O3S. The van der Waals surface area contributed by atoms with Crippen LogP contribution in [0.2, 0.25) is 0 Å². The summed E-state index contributed by atoms with van der Waals surface area (Å²) in [5.74, 6) is -0.471. The number of carbonyl (C=O) groups is 1. The molecule has 0 saturated carbocycles. The van der Waals surface area contributed by atoms with Gasteiger partial charge in [0.15, 0.2) is 0 Å². The van der Waals surface area contributed by atoms with E-state index in [-0.39, 0.29) is 5.03 Å². The first kappa shape index (κ1) is 14.2. The summed E-state index contributed by atoms with van der Waals surface area (Å²) in [6.07, 6.45) is 1.58. The van der Waals surface area contributed by atoms with E-state index in [4.69, 9.17) is 4.78 Å². The second-order valence-corrected chi connectivity index (χ2v) is 6.25. The van der Waals surface area contributed by atoms with Crippen molar-refractivity contribution in [3.05, 3.63) is 53.7 Å². The smallest absolute Gasteiger partial charge is 0.337 e. The Morgan fingerprint density at radius 2 is 1.85 bits per heavy atom. The second kappa shape index (κ2) is 5.42. The average molecular weight is 290 g/mol. The first-order valence-corrected chi connectivity index (χ1v) is 7.41. The Balaban J connectivity index is 2.40. The first-order chi connectivity index (χ1) is 9.45. The molecule has 0 amide bonds. The van der Waals surface area contributed by atoms with Gasteiger partial charge in [0, 0.05) is 6.20 Å². The molecule has 0 aliphatic carbocycles. The van der Waals surface area contributed by atoms with Gasteiger partial charge in [-0.25, -0.2) is 18.8 Å². The van der Waals surface area contributed by atoms with E-state index < -0.39 is 15.7 Å². The van der Waals surface area contributed by atoms with Crippen LogP contribution in [0.1, 0.15) is 15.9 Å². The van der Waals surface area contributed by atoms with Gasteiger partial charge in [-0.3, -0.25) is 0 Å². The number of aryl methyl sites for hydroxylation is 1. The van der Waals surface area contributed by atoms with Gasteiger partial charge in [-0.2, -0.15) is 0 Å². The highest BCUT2D eigenvalue weighted by Gasteiger charge is 2.15. The summed E-state index contributed by atoms with van der Waals surface area (Å²) in [5.41, 5.74) is 1.29. The predicted molar refractivity (Wildman–Crippen MR) is 74.1 cm³/mol. The van der Waals surface area contributed by atoms with Gasteiger partial charge in [0.2, 0.25) is 0 Å². The van der Waals surface area contributed by atoms with Gasteiger partial charge < -0.3 is 4.74 Å². The Bertz CT molecular complexity index is 720. The molecule has 0 spiro atoms. The zero-order valence-electron chi connectivity index (χ0n) is 11.1. The number of benzene rings is 1. The van der Waals surface area contributed by atoms with E-state index in [1.54, 1.807) is 18.3 Å². The molecule has 6 heteroatoms. The third-order valence-corrected chi connectivity index (χ3v) is 4.55. The van der Waals surface area contributed by atoms with E-state index >= 15 is 0 Å². The molecule has 20 heavy (non-hydrogen) atoms. The molecule has 2 rings (SSSR count). The first-order valence-electron chi connectivity index (χ1n) is 5.85. The Hall–Kier alpha value is -2.21. The van der Waals surface area contributed by atoms with Crippen LogP contribution in [0.4, 0.5) is 0 Å². The zero-order valence-corrected chi connectivity index (χ0v) is 11.9. The second-order valence-electron chi connectivity index (χ2n) is 4.25. The fraction of sp³-hybridized carbons (Fsp3) is 0.143. The number of ether oxygens (including phenoxy) is 1. The fourth-order valence-corrected chi connectivity index (χ4v) is 2.87. The van der Waals surface area contributed by atoms with Crippen LogP contribution in [0.3, 0.4) is 0 Å². The lowest BCUT2D eigenvalue weighted by molar-refractivity contribution is 0.0600. The Labute approximate surface area is 117 Å². The van der Waals surface area contributed by atoms with Gasteiger partial charge in [0.05, 0.1) is 17.6 Å². The number of nitrogens with zero attached hydrogens (tertiary/aromatic N) is 1. The van der Waals surface area contributed by atoms with Crippen LogP contribution in [0.25, 0.3) is 0 Å². The van der Waals surface area contributed by atoms with Crippen molar-refractivity contribution in [3.63, 3.8) is 0 Å². The molecule has 0 saturated heterocycles. The summed E-state index contributed by atoms with van der Waals surface area (Å²) in [4.78, 5) is 15.7. The third kappa shape index (κ3) is 2.70. The van der Waals surface area contributed by atoms with Crippen molar-refractivity contribution in [2.24, 2.45) is 0 Å². The van der Waals surface area contributed by atoms with Gasteiger partial charge in [-0.1, -0.05) is 6.07 Å². The van der Waals surface area contributed by atoms with Crippen LogP contribution < -0.4 is 0 Å². The Morgan fingerprint density at radius 1 is 1.20 bits per heavy atom. The summed E-state index contributed by atoms with van der Waals surface area (Å²) in [7, 11) is -1.88. The Kier molecular flexibility index (Phi) is 3.85. The van der Waals surface area contributed by atoms with Gasteiger partial charge in [0.25, 0.3) is 0 Å². The predicted octanol–water partition coefficient (Wildman–Crippen LogP) is 2.64. The molecular weight excluding hydrogens is 276 g/mol. The average Bonchev–Trinajstić information content (AvgIpc) is 2.47. The quantitative estimate of drug-likeness (QED) is 0.881. The molecule has 0 radical (unpaired) electrons. The summed E-state index contributed by atoms with van der Waals surface area (Å²) in [6, 6.07) is 9.30. The summed E-state index contributed by atoms with van der Waals surface area (Å²) < 4.78 is 25.2. The van der Waals surface area contributed by atoms with Crippen molar-refractivity contribution in [2.75, 3.05) is 7.11 Å². The Morgan fingerprint density at radius 3 is 2.35 bits per heavy atom. The zero-order chi connectivity index (χ0) is 14.8. The highest BCUT2D eigenvalue weighted by molar-refractivity contribution is 7.92. The molecule has 2 aromatic rings. The molecule has 1 unspecified atom stereocenters. The van der Waals surface area contributed by atoms with Crippen molar-refractivity contribution < 1.29 is 13.7 Å².